The van der Waals surface area contributed by atoms with E-state index in [0.717, 1.165) is 31.5 Å². The molecule has 2 unspecified atom stereocenters. The predicted molar refractivity (Wildman–Crippen MR) is 72.3 cm³/mol. The Kier molecular flexibility index (Phi) is 4.13. The van der Waals surface area contributed by atoms with Crippen molar-refractivity contribution in [3.05, 3.63) is 23.2 Å². The van der Waals surface area contributed by atoms with Crippen LogP contribution >= 0.6 is 11.6 Å². The zero-order chi connectivity index (χ0) is 12.3. The van der Waals surface area contributed by atoms with Gasteiger partial charge in [-0.2, -0.15) is 0 Å². The van der Waals surface area contributed by atoms with Crippen LogP contribution in [0.25, 0.3) is 0 Å². The molecule has 94 valence electrons. The number of halogens is 1. The maximum Gasteiger partial charge on any atom is 0.0763 e. The molecule has 0 saturated heterocycles. The van der Waals surface area contributed by atoms with Crippen LogP contribution in [0.4, 0.5) is 11.4 Å². The molecule has 0 aliphatic heterocycles. The first-order valence-corrected chi connectivity index (χ1v) is 6.52. The van der Waals surface area contributed by atoms with Crippen molar-refractivity contribution >= 4 is 23.0 Å². The molecule has 3 nitrogen and oxygen atoms in total. The molecule has 0 heterocycles. The molecule has 17 heavy (non-hydrogen) atoms. The van der Waals surface area contributed by atoms with Crippen molar-refractivity contribution in [1.82, 2.24) is 0 Å². The van der Waals surface area contributed by atoms with Gasteiger partial charge in [0.05, 0.1) is 22.5 Å². The van der Waals surface area contributed by atoms with Crippen molar-refractivity contribution in [2.75, 3.05) is 17.6 Å². The normalized spacial score (nSPS) is 24.6. The number of para-hydroxylation sites is 1. The lowest BCUT2D eigenvalue weighted by molar-refractivity contribution is 0.0763. The minimum absolute atomic E-state index is 0.194. The highest BCUT2D eigenvalue weighted by Crippen LogP contribution is 2.30. The quantitative estimate of drug-likeness (QED) is 0.727. The van der Waals surface area contributed by atoms with E-state index in [2.05, 4.69) is 5.32 Å². The van der Waals surface area contributed by atoms with Gasteiger partial charge < -0.3 is 16.2 Å². The lowest BCUT2D eigenvalue weighted by Crippen LogP contribution is -2.30. The van der Waals surface area contributed by atoms with Crippen LogP contribution in [-0.2, 0) is 0 Å². The Morgan fingerprint density at radius 2 is 2.12 bits per heavy atom. The summed E-state index contributed by atoms with van der Waals surface area (Å²) in [6.45, 7) is 0.731. The largest absolute Gasteiger partial charge is 0.397 e. The predicted octanol–water partition coefficient (Wildman–Crippen LogP) is 2.89. The zero-order valence-electron chi connectivity index (χ0n) is 9.82. The van der Waals surface area contributed by atoms with E-state index >= 15 is 0 Å². The lowest BCUT2D eigenvalue weighted by Gasteiger charge is -2.28. The van der Waals surface area contributed by atoms with E-state index in [-0.39, 0.29) is 6.10 Å². The van der Waals surface area contributed by atoms with Gasteiger partial charge >= 0.3 is 0 Å². The summed E-state index contributed by atoms with van der Waals surface area (Å²) in [6, 6.07) is 5.47. The Hall–Kier alpha value is -0.930. The van der Waals surface area contributed by atoms with Gasteiger partial charge in [-0.05, 0) is 25.0 Å². The molecule has 2 rings (SSSR count). The maximum absolute atomic E-state index is 9.88. The molecular weight excluding hydrogens is 236 g/mol. The van der Waals surface area contributed by atoms with E-state index in [1.165, 1.54) is 6.42 Å². The third-order valence-electron chi connectivity index (χ3n) is 3.46. The van der Waals surface area contributed by atoms with Crippen LogP contribution in [0.3, 0.4) is 0 Å². The summed E-state index contributed by atoms with van der Waals surface area (Å²) in [7, 11) is 0. The standard InChI is InChI=1S/C13H19ClN2O/c14-10-5-3-6-11(15)13(10)16-8-9-4-1-2-7-12(9)17/h3,5-6,9,12,16-17H,1-2,4,7-8,15H2. The summed E-state index contributed by atoms with van der Waals surface area (Å²) >= 11 is 6.08. The summed E-state index contributed by atoms with van der Waals surface area (Å²) in [5.41, 5.74) is 7.30. The number of anilines is 2. The minimum Gasteiger partial charge on any atom is -0.397 e. The van der Waals surface area contributed by atoms with Crippen LogP contribution in [0.5, 0.6) is 0 Å². The Bertz CT molecular complexity index is 363. The van der Waals surface area contributed by atoms with Crippen molar-refractivity contribution in [3.8, 4) is 0 Å². The number of hydrogen-bond donors (Lipinski definition) is 3. The van der Waals surface area contributed by atoms with Crippen LogP contribution in [-0.4, -0.2) is 17.8 Å². The smallest absolute Gasteiger partial charge is 0.0763 e. The SMILES string of the molecule is Nc1cccc(Cl)c1NCC1CCCCC1O. The van der Waals surface area contributed by atoms with E-state index in [0.29, 0.717) is 16.6 Å². The van der Waals surface area contributed by atoms with Crippen LogP contribution in [0.15, 0.2) is 18.2 Å². The van der Waals surface area contributed by atoms with E-state index in [1.807, 2.05) is 18.2 Å². The van der Waals surface area contributed by atoms with Crippen molar-refractivity contribution < 1.29 is 5.11 Å². The van der Waals surface area contributed by atoms with E-state index in [1.54, 1.807) is 0 Å². The first kappa shape index (κ1) is 12.5. The Balaban J connectivity index is 1.97. The van der Waals surface area contributed by atoms with Crippen LogP contribution < -0.4 is 11.1 Å². The van der Waals surface area contributed by atoms with Gasteiger partial charge in [-0.15, -0.1) is 0 Å². The summed E-state index contributed by atoms with van der Waals surface area (Å²) in [4.78, 5) is 0. The lowest BCUT2D eigenvalue weighted by atomic mass is 9.86. The number of hydrogen-bond acceptors (Lipinski definition) is 3. The van der Waals surface area contributed by atoms with Gasteiger partial charge in [0, 0.05) is 12.5 Å². The highest BCUT2D eigenvalue weighted by molar-refractivity contribution is 6.33. The van der Waals surface area contributed by atoms with Gasteiger partial charge in [0.25, 0.3) is 0 Å². The molecule has 0 bridgehead atoms. The fourth-order valence-corrected chi connectivity index (χ4v) is 2.64. The van der Waals surface area contributed by atoms with Crippen molar-refractivity contribution in [1.29, 1.82) is 0 Å². The monoisotopic (exact) mass is 254 g/mol. The van der Waals surface area contributed by atoms with E-state index in [9.17, 15) is 5.11 Å². The van der Waals surface area contributed by atoms with Gasteiger partial charge in [0.1, 0.15) is 0 Å². The first-order valence-electron chi connectivity index (χ1n) is 6.14. The van der Waals surface area contributed by atoms with Gasteiger partial charge in [-0.3, -0.25) is 0 Å². The maximum atomic E-state index is 9.88. The third kappa shape index (κ3) is 3.05. The van der Waals surface area contributed by atoms with E-state index < -0.39 is 0 Å². The molecule has 1 aromatic carbocycles. The summed E-state index contributed by atoms with van der Waals surface area (Å²) in [6.07, 6.45) is 4.11. The summed E-state index contributed by atoms with van der Waals surface area (Å²) in [5, 5.41) is 13.8. The number of aliphatic hydroxyl groups is 1. The Morgan fingerprint density at radius 1 is 1.35 bits per heavy atom. The van der Waals surface area contributed by atoms with Crippen molar-refractivity contribution in [2.24, 2.45) is 5.92 Å². The second kappa shape index (κ2) is 5.61. The Morgan fingerprint density at radius 3 is 2.82 bits per heavy atom. The minimum atomic E-state index is -0.194. The average molecular weight is 255 g/mol. The van der Waals surface area contributed by atoms with Gasteiger partial charge in [-0.25, -0.2) is 0 Å². The highest BCUT2D eigenvalue weighted by atomic mass is 35.5. The summed E-state index contributed by atoms with van der Waals surface area (Å²) in [5.74, 6) is 0.305. The number of nitrogen functional groups attached to an aromatic ring is 1. The number of aliphatic hydroxyl groups excluding tert-OH is 1. The molecule has 1 aliphatic carbocycles. The number of benzene rings is 1. The molecular formula is C13H19ClN2O. The average Bonchev–Trinajstić information content (AvgIpc) is 2.30. The molecule has 0 aromatic heterocycles. The molecule has 0 spiro atoms. The molecule has 4 N–H and O–H groups in total. The zero-order valence-corrected chi connectivity index (χ0v) is 10.6. The second-order valence-corrected chi connectivity index (χ2v) is 5.10. The first-order chi connectivity index (χ1) is 8.18. The van der Waals surface area contributed by atoms with Gasteiger partial charge in [0.15, 0.2) is 0 Å². The fraction of sp³-hybridized carbons (Fsp3) is 0.538. The van der Waals surface area contributed by atoms with Crippen LogP contribution in [0.1, 0.15) is 25.7 Å². The topological polar surface area (TPSA) is 58.3 Å². The highest BCUT2D eigenvalue weighted by Gasteiger charge is 2.22. The Labute approximate surface area is 107 Å². The van der Waals surface area contributed by atoms with Crippen LogP contribution in [0, 0.1) is 5.92 Å². The molecule has 1 aromatic rings. The molecule has 1 aliphatic rings. The molecule has 2 atom stereocenters. The van der Waals surface area contributed by atoms with Gasteiger partial charge in [-0.1, -0.05) is 30.5 Å². The number of nitrogens with two attached hydrogens (primary N) is 1. The molecule has 1 fully saturated rings. The second-order valence-electron chi connectivity index (χ2n) is 4.70. The number of nitrogens with one attached hydrogen (secondary N) is 1. The molecule has 0 radical (unpaired) electrons. The molecule has 1 saturated carbocycles. The van der Waals surface area contributed by atoms with Crippen LogP contribution in [0.2, 0.25) is 5.02 Å². The van der Waals surface area contributed by atoms with Crippen molar-refractivity contribution in [2.45, 2.75) is 31.8 Å². The fourth-order valence-electron chi connectivity index (χ4n) is 2.39. The summed E-state index contributed by atoms with van der Waals surface area (Å²) < 4.78 is 0. The number of rotatable bonds is 3. The molecule has 4 heteroatoms. The van der Waals surface area contributed by atoms with Gasteiger partial charge in [0.2, 0.25) is 0 Å². The van der Waals surface area contributed by atoms with Crippen molar-refractivity contribution in [3.63, 3.8) is 0 Å². The molecule has 0 amide bonds. The third-order valence-corrected chi connectivity index (χ3v) is 3.77. The van der Waals surface area contributed by atoms with E-state index in [4.69, 9.17) is 17.3 Å².